The van der Waals surface area contributed by atoms with Gasteiger partial charge in [-0.1, -0.05) is 6.07 Å². The second kappa shape index (κ2) is 11.5. The lowest BCUT2D eigenvalue weighted by molar-refractivity contribution is 0.119. The van der Waals surface area contributed by atoms with Crippen LogP contribution in [-0.2, 0) is 6.54 Å². The Morgan fingerprint density at radius 3 is 2.61 bits per heavy atom. The van der Waals surface area contributed by atoms with Gasteiger partial charge in [0.2, 0.25) is 6.79 Å². The first kappa shape index (κ1) is 24.3. The Balaban J connectivity index is 0.00000272. The topological polar surface area (TPSA) is 55.8 Å². The van der Waals surface area contributed by atoms with Gasteiger partial charge in [0.05, 0.1) is 6.54 Å². The van der Waals surface area contributed by atoms with Crippen LogP contribution < -0.4 is 14.8 Å². The van der Waals surface area contributed by atoms with Gasteiger partial charge in [0.25, 0.3) is 0 Å². The van der Waals surface area contributed by atoms with E-state index < -0.39 is 0 Å². The first-order valence-electron chi connectivity index (χ1n) is 11.2. The first-order chi connectivity index (χ1) is 14.6. The minimum Gasteiger partial charge on any atom is -0.454 e. The van der Waals surface area contributed by atoms with E-state index in [-0.39, 0.29) is 24.0 Å². The van der Waals surface area contributed by atoms with E-state index in [4.69, 9.17) is 14.5 Å². The minimum absolute atomic E-state index is 0. The van der Waals surface area contributed by atoms with Crippen molar-refractivity contribution >= 4 is 29.9 Å². The molecule has 2 fully saturated rings. The Labute approximate surface area is 203 Å². The summed E-state index contributed by atoms with van der Waals surface area (Å²) in [5.74, 6) is 2.78. The van der Waals surface area contributed by atoms with Crippen molar-refractivity contribution in [1.82, 2.24) is 24.9 Å². The van der Waals surface area contributed by atoms with Crippen molar-refractivity contribution in [2.75, 3.05) is 79.8 Å². The van der Waals surface area contributed by atoms with E-state index in [1.54, 1.807) is 0 Å². The molecule has 1 aromatic rings. The summed E-state index contributed by atoms with van der Waals surface area (Å²) in [6, 6.07) is 6.76. The molecule has 31 heavy (non-hydrogen) atoms. The number of nitrogens with zero attached hydrogens (tertiary/aromatic N) is 5. The van der Waals surface area contributed by atoms with Crippen LogP contribution in [0.2, 0.25) is 0 Å². The lowest BCUT2D eigenvalue weighted by Crippen LogP contribution is -2.54. The van der Waals surface area contributed by atoms with E-state index in [1.807, 2.05) is 6.07 Å². The number of aliphatic imine (C=N–C) groups is 1. The van der Waals surface area contributed by atoms with Gasteiger partial charge < -0.3 is 24.6 Å². The molecule has 0 amide bonds. The van der Waals surface area contributed by atoms with E-state index in [2.05, 4.69) is 58.1 Å². The highest BCUT2D eigenvalue weighted by molar-refractivity contribution is 14.0. The third-order valence-corrected chi connectivity index (χ3v) is 6.28. The zero-order valence-corrected chi connectivity index (χ0v) is 21.4. The molecule has 0 saturated carbocycles. The Morgan fingerprint density at radius 2 is 1.84 bits per heavy atom. The maximum absolute atomic E-state index is 5.52. The Morgan fingerprint density at radius 1 is 1.06 bits per heavy atom. The summed E-state index contributed by atoms with van der Waals surface area (Å²) < 4.78 is 10.9. The third kappa shape index (κ3) is 6.36. The van der Waals surface area contributed by atoms with E-state index in [0.29, 0.717) is 12.8 Å². The van der Waals surface area contributed by atoms with Gasteiger partial charge in [-0.2, -0.15) is 0 Å². The molecular weight excluding hydrogens is 507 g/mol. The molecule has 174 valence electrons. The van der Waals surface area contributed by atoms with Crippen molar-refractivity contribution in [3.05, 3.63) is 23.8 Å². The van der Waals surface area contributed by atoms with Gasteiger partial charge in [-0.25, -0.2) is 0 Å². The summed E-state index contributed by atoms with van der Waals surface area (Å²) in [7, 11) is 4.42. The fourth-order valence-corrected chi connectivity index (χ4v) is 4.33. The number of rotatable bonds is 5. The molecule has 8 nitrogen and oxygen atoms in total. The average molecular weight is 544 g/mol. The summed E-state index contributed by atoms with van der Waals surface area (Å²) >= 11 is 0. The molecule has 1 aromatic carbocycles. The minimum atomic E-state index is 0. The third-order valence-electron chi connectivity index (χ3n) is 6.28. The molecule has 0 bridgehead atoms. The molecule has 0 aromatic heterocycles. The molecule has 3 heterocycles. The lowest BCUT2D eigenvalue weighted by Gasteiger charge is -2.38. The molecule has 1 N–H and O–H groups in total. The second-order valence-electron chi connectivity index (χ2n) is 8.54. The highest BCUT2D eigenvalue weighted by Gasteiger charge is 2.24. The summed E-state index contributed by atoms with van der Waals surface area (Å²) in [5, 5.41) is 3.51. The average Bonchev–Trinajstić information content (AvgIpc) is 3.22. The van der Waals surface area contributed by atoms with Crippen LogP contribution in [0.25, 0.3) is 0 Å². The zero-order valence-electron chi connectivity index (χ0n) is 19.0. The number of benzene rings is 1. The maximum Gasteiger partial charge on any atom is 0.231 e. The molecule has 2 saturated heterocycles. The number of halogens is 1. The fourth-order valence-electron chi connectivity index (χ4n) is 4.33. The SMILES string of the molecule is CCNC(=NCC1CN(C)CCN1C)N1CCN(Cc2ccc3c(c2)OCO3)CC1.I. The van der Waals surface area contributed by atoms with Gasteiger partial charge in [0, 0.05) is 64.9 Å². The van der Waals surface area contributed by atoms with Crippen LogP contribution in [0.1, 0.15) is 12.5 Å². The normalized spacial score (nSPS) is 23.0. The van der Waals surface area contributed by atoms with Gasteiger partial charge in [-0.15, -0.1) is 24.0 Å². The smallest absolute Gasteiger partial charge is 0.231 e. The number of guanidine groups is 1. The van der Waals surface area contributed by atoms with Crippen molar-refractivity contribution in [3.8, 4) is 11.5 Å². The van der Waals surface area contributed by atoms with Crippen LogP contribution in [0, 0.1) is 0 Å². The zero-order chi connectivity index (χ0) is 20.9. The Hall–Kier alpha value is -1.30. The molecule has 0 aliphatic carbocycles. The molecule has 1 unspecified atom stereocenters. The number of fused-ring (bicyclic) bond motifs is 1. The van der Waals surface area contributed by atoms with Crippen molar-refractivity contribution < 1.29 is 9.47 Å². The van der Waals surface area contributed by atoms with Gasteiger partial charge in [0.1, 0.15) is 0 Å². The fraction of sp³-hybridized carbons (Fsp3) is 0.682. The number of ether oxygens (including phenoxy) is 2. The number of hydrogen-bond donors (Lipinski definition) is 1. The van der Waals surface area contributed by atoms with Crippen molar-refractivity contribution in [1.29, 1.82) is 0 Å². The molecule has 1 atom stereocenters. The van der Waals surface area contributed by atoms with Crippen molar-refractivity contribution in [2.45, 2.75) is 19.5 Å². The molecule has 0 radical (unpaired) electrons. The molecule has 0 spiro atoms. The van der Waals surface area contributed by atoms with Crippen molar-refractivity contribution in [2.24, 2.45) is 4.99 Å². The van der Waals surface area contributed by atoms with Gasteiger partial charge >= 0.3 is 0 Å². The molecule has 9 heteroatoms. The van der Waals surface area contributed by atoms with Crippen LogP contribution in [0.15, 0.2) is 23.2 Å². The van der Waals surface area contributed by atoms with E-state index in [0.717, 1.165) is 82.9 Å². The summed E-state index contributed by atoms with van der Waals surface area (Å²) in [5.41, 5.74) is 1.28. The highest BCUT2D eigenvalue weighted by atomic mass is 127. The molecule has 3 aliphatic heterocycles. The standard InChI is InChI=1S/C22H36N6O2.HI/c1-4-23-22(24-14-19-16-25(2)7-8-26(19)3)28-11-9-27(10-12-28)15-18-5-6-20-21(13-18)30-17-29-20;/h5-6,13,19H,4,7-12,14-17H2,1-3H3,(H,23,24);1H. The van der Waals surface area contributed by atoms with Crippen LogP contribution >= 0.6 is 24.0 Å². The predicted octanol–water partition coefficient (Wildman–Crippen LogP) is 1.36. The van der Waals surface area contributed by atoms with Crippen LogP contribution in [0.3, 0.4) is 0 Å². The van der Waals surface area contributed by atoms with Crippen molar-refractivity contribution in [3.63, 3.8) is 0 Å². The maximum atomic E-state index is 5.52. The first-order valence-corrected chi connectivity index (χ1v) is 11.2. The molecule has 4 rings (SSSR count). The van der Waals surface area contributed by atoms with Gasteiger partial charge in [-0.3, -0.25) is 14.8 Å². The van der Waals surface area contributed by atoms with Gasteiger partial charge in [0.15, 0.2) is 17.5 Å². The van der Waals surface area contributed by atoms with Crippen LogP contribution in [0.4, 0.5) is 0 Å². The largest absolute Gasteiger partial charge is 0.454 e. The van der Waals surface area contributed by atoms with Crippen LogP contribution in [0.5, 0.6) is 11.5 Å². The predicted molar refractivity (Wildman–Crippen MR) is 135 cm³/mol. The lowest BCUT2D eigenvalue weighted by atomic mass is 10.1. The summed E-state index contributed by atoms with van der Waals surface area (Å²) in [4.78, 5) is 14.8. The van der Waals surface area contributed by atoms with Crippen LogP contribution in [-0.4, -0.2) is 111 Å². The van der Waals surface area contributed by atoms with Gasteiger partial charge in [-0.05, 0) is 38.7 Å². The number of nitrogens with one attached hydrogen (secondary N) is 1. The highest BCUT2D eigenvalue weighted by Crippen LogP contribution is 2.32. The second-order valence-corrected chi connectivity index (χ2v) is 8.54. The monoisotopic (exact) mass is 544 g/mol. The summed E-state index contributed by atoms with van der Waals surface area (Å²) in [6.07, 6.45) is 0. The van der Waals surface area contributed by atoms with E-state index >= 15 is 0 Å². The van der Waals surface area contributed by atoms with E-state index in [1.165, 1.54) is 5.56 Å². The quantitative estimate of drug-likeness (QED) is 0.342. The van der Waals surface area contributed by atoms with E-state index in [9.17, 15) is 0 Å². The Bertz CT molecular complexity index is 741. The number of likely N-dealkylation sites (N-methyl/N-ethyl adjacent to an activating group) is 2. The number of piperazine rings is 2. The number of hydrogen-bond acceptors (Lipinski definition) is 6. The molecule has 3 aliphatic rings. The Kier molecular flexibility index (Phi) is 9.06. The summed E-state index contributed by atoms with van der Waals surface area (Å²) in [6.45, 7) is 12.6. The molecular formula is C22H37IN6O2.